The van der Waals surface area contributed by atoms with Gasteiger partial charge in [-0.05, 0) is 48.1 Å². The van der Waals surface area contributed by atoms with Gasteiger partial charge in [-0.3, -0.25) is 11.3 Å². The number of hydrogen-bond acceptors (Lipinski definition) is 3. The number of hydrogen-bond donors (Lipinski definition) is 2. The van der Waals surface area contributed by atoms with Crippen LogP contribution in [0.15, 0.2) is 11.4 Å². The van der Waals surface area contributed by atoms with Crippen LogP contribution in [0.2, 0.25) is 0 Å². The summed E-state index contributed by atoms with van der Waals surface area (Å²) in [4.78, 5) is 1.37. The molecular weight excluding hydrogens is 228 g/mol. The molecule has 0 aromatic carbocycles. The van der Waals surface area contributed by atoms with Gasteiger partial charge in [0.05, 0.1) is 0 Å². The van der Waals surface area contributed by atoms with Gasteiger partial charge in [-0.25, -0.2) is 0 Å². The van der Waals surface area contributed by atoms with E-state index in [0.717, 1.165) is 6.42 Å². The fraction of sp³-hybridized carbons (Fsp3) is 0.714. The molecule has 2 unspecified atom stereocenters. The zero-order chi connectivity index (χ0) is 13.1. The van der Waals surface area contributed by atoms with Crippen molar-refractivity contribution in [1.82, 2.24) is 5.43 Å². The van der Waals surface area contributed by atoms with Crippen molar-refractivity contribution in [2.45, 2.75) is 53.5 Å². The van der Waals surface area contributed by atoms with Crippen molar-refractivity contribution in [2.75, 3.05) is 0 Å². The first-order valence-electron chi connectivity index (χ1n) is 6.33. The minimum absolute atomic E-state index is 0.290. The summed E-state index contributed by atoms with van der Waals surface area (Å²) >= 11 is 1.79. The van der Waals surface area contributed by atoms with E-state index in [1.807, 2.05) is 0 Å². The topological polar surface area (TPSA) is 38.0 Å². The summed E-state index contributed by atoms with van der Waals surface area (Å²) in [5.74, 6) is 6.38. The lowest BCUT2D eigenvalue weighted by Crippen LogP contribution is -2.30. The molecule has 3 heteroatoms. The molecule has 0 saturated heterocycles. The maximum absolute atomic E-state index is 5.70. The summed E-state index contributed by atoms with van der Waals surface area (Å²) in [6.45, 7) is 11.4. The van der Waals surface area contributed by atoms with Crippen LogP contribution in [-0.2, 0) is 0 Å². The Morgan fingerprint density at radius 2 is 2.06 bits per heavy atom. The van der Waals surface area contributed by atoms with Crippen LogP contribution in [0.25, 0.3) is 0 Å². The molecule has 98 valence electrons. The molecule has 1 heterocycles. The minimum atomic E-state index is 0.290. The van der Waals surface area contributed by atoms with Crippen molar-refractivity contribution in [2.24, 2.45) is 17.2 Å². The van der Waals surface area contributed by atoms with Crippen LogP contribution >= 0.6 is 11.3 Å². The van der Waals surface area contributed by atoms with Crippen molar-refractivity contribution >= 4 is 11.3 Å². The Bertz CT molecular complexity index is 338. The largest absolute Gasteiger partial charge is 0.271 e. The van der Waals surface area contributed by atoms with E-state index in [4.69, 9.17) is 5.84 Å². The van der Waals surface area contributed by atoms with E-state index in [2.05, 4.69) is 51.5 Å². The summed E-state index contributed by atoms with van der Waals surface area (Å²) in [6, 6.07) is 2.48. The Labute approximate surface area is 110 Å². The van der Waals surface area contributed by atoms with Crippen molar-refractivity contribution in [3.63, 3.8) is 0 Å². The third kappa shape index (κ3) is 4.78. The van der Waals surface area contributed by atoms with Crippen molar-refractivity contribution in [3.8, 4) is 0 Å². The van der Waals surface area contributed by atoms with E-state index in [-0.39, 0.29) is 0 Å². The Hall–Kier alpha value is -0.380. The highest BCUT2D eigenvalue weighted by Gasteiger charge is 2.20. The summed E-state index contributed by atoms with van der Waals surface area (Å²) in [7, 11) is 0. The molecule has 0 aliphatic carbocycles. The summed E-state index contributed by atoms with van der Waals surface area (Å²) < 4.78 is 0. The van der Waals surface area contributed by atoms with Crippen LogP contribution in [0.3, 0.4) is 0 Å². The molecule has 0 spiro atoms. The second kappa shape index (κ2) is 5.98. The van der Waals surface area contributed by atoms with Crippen molar-refractivity contribution < 1.29 is 0 Å². The van der Waals surface area contributed by atoms with Gasteiger partial charge in [0, 0.05) is 10.9 Å². The summed E-state index contributed by atoms with van der Waals surface area (Å²) in [6.07, 6.45) is 2.33. The van der Waals surface area contributed by atoms with E-state index in [1.54, 1.807) is 11.3 Å². The normalized spacial score (nSPS) is 15.9. The van der Waals surface area contributed by atoms with Crippen LogP contribution < -0.4 is 11.3 Å². The number of rotatable bonds is 5. The fourth-order valence-electron chi connectivity index (χ4n) is 2.57. The predicted octanol–water partition coefficient (Wildman–Crippen LogP) is 4.02. The molecule has 3 N–H and O–H groups in total. The molecule has 0 saturated carbocycles. The van der Waals surface area contributed by atoms with E-state index >= 15 is 0 Å². The standard InChI is InChI=1S/C14H26N2S/c1-10(9-14(3,4)5)8-13(16-15)12-6-7-17-11(12)2/h6-7,10,13,16H,8-9,15H2,1-5H3. The maximum atomic E-state index is 5.70. The first-order chi connectivity index (χ1) is 7.83. The minimum Gasteiger partial charge on any atom is -0.271 e. The molecule has 0 amide bonds. The van der Waals surface area contributed by atoms with Gasteiger partial charge in [0.1, 0.15) is 0 Å². The fourth-order valence-corrected chi connectivity index (χ4v) is 3.34. The molecule has 0 fully saturated rings. The monoisotopic (exact) mass is 254 g/mol. The van der Waals surface area contributed by atoms with Gasteiger partial charge >= 0.3 is 0 Å². The highest BCUT2D eigenvalue weighted by Crippen LogP contribution is 2.32. The number of nitrogens with two attached hydrogens (primary N) is 1. The molecule has 1 aromatic rings. The molecular formula is C14H26N2S. The predicted molar refractivity (Wildman–Crippen MR) is 77.0 cm³/mol. The molecule has 1 aromatic heterocycles. The highest BCUT2D eigenvalue weighted by molar-refractivity contribution is 7.10. The van der Waals surface area contributed by atoms with Gasteiger partial charge in [-0.1, -0.05) is 27.7 Å². The van der Waals surface area contributed by atoms with Crippen LogP contribution in [0.4, 0.5) is 0 Å². The van der Waals surface area contributed by atoms with Crippen LogP contribution in [-0.4, -0.2) is 0 Å². The lowest BCUT2D eigenvalue weighted by molar-refractivity contribution is 0.276. The Kier molecular flexibility index (Phi) is 5.17. The van der Waals surface area contributed by atoms with E-state index in [1.165, 1.54) is 16.9 Å². The van der Waals surface area contributed by atoms with E-state index in [0.29, 0.717) is 17.4 Å². The summed E-state index contributed by atoms with van der Waals surface area (Å²) in [5.41, 5.74) is 4.72. The second-order valence-electron chi connectivity index (χ2n) is 6.26. The van der Waals surface area contributed by atoms with Gasteiger partial charge in [0.15, 0.2) is 0 Å². The average molecular weight is 254 g/mol. The zero-order valence-corrected chi connectivity index (χ0v) is 12.5. The van der Waals surface area contributed by atoms with Crippen molar-refractivity contribution in [3.05, 3.63) is 21.9 Å². The number of hydrazine groups is 1. The van der Waals surface area contributed by atoms with Crippen LogP contribution in [0.1, 0.15) is 57.0 Å². The first-order valence-corrected chi connectivity index (χ1v) is 7.21. The lowest BCUT2D eigenvalue weighted by Gasteiger charge is -2.26. The van der Waals surface area contributed by atoms with Gasteiger partial charge in [-0.2, -0.15) is 0 Å². The molecule has 0 aliphatic rings. The molecule has 1 rings (SSSR count). The molecule has 0 bridgehead atoms. The van der Waals surface area contributed by atoms with Crippen LogP contribution in [0, 0.1) is 18.3 Å². The van der Waals surface area contributed by atoms with E-state index < -0.39 is 0 Å². The Morgan fingerprint density at radius 3 is 2.47 bits per heavy atom. The highest BCUT2D eigenvalue weighted by atomic mass is 32.1. The SMILES string of the molecule is Cc1sccc1C(CC(C)CC(C)(C)C)NN. The molecule has 0 aliphatic heterocycles. The van der Waals surface area contributed by atoms with Gasteiger partial charge in [0.25, 0.3) is 0 Å². The number of aryl methyl sites for hydroxylation is 1. The molecule has 0 radical (unpaired) electrons. The van der Waals surface area contributed by atoms with Gasteiger partial charge in [-0.15, -0.1) is 11.3 Å². The summed E-state index contributed by atoms with van der Waals surface area (Å²) in [5, 5.41) is 2.14. The number of thiophene rings is 1. The first kappa shape index (κ1) is 14.7. The van der Waals surface area contributed by atoms with E-state index in [9.17, 15) is 0 Å². The lowest BCUT2D eigenvalue weighted by atomic mass is 9.82. The Balaban J connectivity index is 2.62. The average Bonchev–Trinajstić information content (AvgIpc) is 2.58. The Morgan fingerprint density at radius 1 is 1.41 bits per heavy atom. The maximum Gasteiger partial charge on any atom is 0.0473 e. The molecule has 2 nitrogen and oxygen atoms in total. The van der Waals surface area contributed by atoms with Gasteiger partial charge in [0.2, 0.25) is 0 Å². The van der Waals surface area contributed by atoms with Gasteiger partial charge < -0.3 is 0 Å². The quantitative estimate of drug-likeness (QED) is 0.615. The smallest absolute Gasteiger partial charge is 0.0473 e. The third-order valence-corrected chi connectivity index (χ3v) is 3.94. The second-order valence-corrected chi connectivity index (χ2v) is 7.38. The molecule has 2 atom stereocenters. The zero-order valence-electron chi connectivity index (χ0n) is 11.7. The number of nitrogens with one attached hydrogen (secondary N) is 1. The molecule has 17 heavy (non-hydrogen) atoms. The third-order valence-electron chi connectivity index (χ3n) is 3.07. The van der Waals surface area contributed by atoms with Crippen molar-refractivity contribution in [1.29, 1.82) is 0 Å². The van der Waals surface area contributed by atoms with Crippen LogP contribution in [0.5, 0.6) is 0 Å².